The average Bonchev–Trinajstić information content (AvgIpc) is 3.37. The summed E-state index contributed by atoms with van der Waals surface area (Å²) >= 11 is 7.81. The Bertz CT molecular complexity index is 1030. The maximum absolute atomic E-state index is 10.4. The van der Waals surface area contributed by atoms with Gasteiger partial charge >= 0.3 is 0 Å². The molecule has 2 N–H and O–H groups in total. The molecular weight excluding hydrogens is 424 g/mol. The van der Waals surface area contributed by atoms with Gasteiger partial charge in [-0.2, -0.15) is 0 Å². The SMILES string of the molecule is C[C@H]1C[C@@]2(C[C@@H](c3cn(CCc4ccncn4)nn3)N1)OC[C@@H](O)c1cc(Cl)sc12. The molecule has 2 aliphatic heterocycles. The fraction of sp³-hybridized carbons (Fsp3) is 0.500. The van der Waals surface area contributed by atoms with Gasteiger partial charge in [-0.05, 0) is 25.5 Å². The van der Waals surface area contributed by atoms with E-state index < -0.39 is 11.7 Å². The molecule has 0 saturated carbocycles. The van der Waals surface area contributed by atoms with Crippen LogP contribution >= 0.6 is 22.9 Å². The van der Waals surface area contributed by atoms with Crippen molar-refractivity contribution in [3.63, 3.8) is 0 Å². The van der Waals surface area contributed by atoms with Crippen molar-refractivity contribution in [1.82, 2.24) is 30.3 Å². The zero-order valence-corrected chi connectivity index (χ0v) is 18.1. The van der Waals surface area contributed by atoms with Gasteiger partial charge in [-0.25, -0.2) is 9.97 Å². The molecule has 0 radical (unpaired) electrons. The Hall–Kier alpha value is -1.91. The summed E-state index contributed by atoms with van der Waals surface area (Å²) in [6.45, 7) is 3.13. The summed E-state index contributed by atoms with van der Waals surface area (Å²) in [5.41, 5.74) is 2.30. The lowest BCUT2D eigenvalue weighted by atomic mass is 9.79. The first-order valence-corrected chi connectivity index (χ1v) is 11.2. The molecule has 5 heterocycles. The van der Waals surface area contributed by atoms with E-state index in [2.05, 4.69) is 32.5 Å². The van der Waals surface area contributed by atoms with Crippen LogP contribution in [0, 0.1) is 0 Å². The normalized spacial score (nSPS) is 28.6. The van der Waals surface area contributed by atoms with Gasteiger partial charge in [-0.1, -0.05) is 16.8 Å². The molecule has 0 aromatic carbocycles. The third-order valence-electron chi connectivity index (χ3n) is 5.83. The monoisotopic (exact) mass is 446 g/mol. The van der Waals surface area contributed by atoms with Crippen molar-refractivity contribution in [1.29, 1.82) is 0 Å². The number of thiophene rings is 1. The molecule has 158 valence electrons. The van der Waals surface area contributed by atoms with Gasteiger partial charge in [0, 0.05) is 47.8 Å². The van der Waals surface area contributed by atoms with E-state index in [0.29, 0.717) is 10.9 Å². The van der Waals surface area contributed by atoms with Crippen molar-refractivity contribution >= 4 is 22.9 Å². The zero-order valence-electron chi connectivity index (χ0n) is 16.5. The topological polar surface area (TPSA) is 98.0 Å². The Labute approximate surface area is 183 Å². The first kappa shape index (κ1) is 20.0. The fourth-order valence-corrected chi connectivity index (χ4v) is 5.96. The van der Waals surface area contributed by atoms with Crippen LogP contribution in [0.5, 0.6) is 0 Å². The van der Waals surface area contributed by atoms with Crippen molar-refractivity contribution < 1.29 is 9.84 Å². The number of fused-ring (bicyclic) bond motifs is 2. The van der Waals surface area contributed by atoms with Gasteiger partial charge in [-0.3, -0.25) is 4.68 Å². The summed E-state index contributed by atoms with van der Waals surface area (Å²) in [6.07, 6.45) is 6.97. The number of aromatic nitrogens is 5. The van der Waals surface area contributed by atoms with E-state index in [1.807, 2.05) is 23.0 Å². The Kier molecular flexibility index (Phi) is 5.32. The van der Waals surface area contributed by atoms with Crippen LogP contribution in [0.1, 0.15) is 53.7 Å². The third-order valence-corrected chi connectivity index (χ3v) is 7.30. The average molecular weight is 447 g/mol. The first-order chi connectivity index (χ1) is 14.5. The van der Waals surface area contributed by atoms with E-state index in [1.54, 1.807) is 12.5 Å². The van der Waals surface area contributed by atoms with E-state index in [-0.39, 0.29) is 18.7 Å². The van der Waals surface area contributed by atoms with Gasteiger partial charge in [0.25, 0.3) is 0 Å². The molecule has 1 spiro atoms. The molecule has 0 aliphatic carbocycles. The fourth-order valence-electron chi connectivity index (χ4n) is 4.51. The highest BCUT2D eigenvalue weighted by atomic mass is 35.5. The summed E-state index contributed by atoms with van der Waals surface area (Å²) < 4.78 is 8.82. The summed E-state index contributed by atoms with van der Waals surface area (Å²) in [6, 6.07) is 4.01. The first-order valence-electron chi connectivity index (χ1n) is 10.0. The number of halogens is 1. The van der Waals surface area contributed by atoms with Gasteiger partial charge in [0.15, 0.2) is 0 Å². The molecule has 1 fully saturated rings. The van der Waals surface area contributed by atoms with Crippen LogP contribution in [0.2, 0.25) is 4.34 Å². The van der Waals surface area contributed by atoms with Crippen LogP contribution in [0.4, 0.5) is 0 Å². The molecule has 30 heavy (non-hydrogen) atoms. The third kappa shape index (κ3) is 3.76. The van der Waals surface area contributed by atoms with Gasteiger partial charge in [0.05, 0.1) is 28.9 Å². The summed E-state index contributed by atoms with van der Waals surface area (Å²) in [7, 11) is 0. The minimum Gasteiger partial charge on any atom is -0.386 e. The lowest BCUT2D eigenvalue weighted by molar-refractivity contribution is -0.129. The quantitative estimate of drug-likeness (QED) is 0.635. The molecule has 10 heteroatoms. The van der Waals surface area contributed by atoms with Gasteiger partial charge in [-0.15, -0.1) is 16.4 Å². The van der Waals surface area contributed by atoms with E-state index in [9.17, 15) is 5.11 Å². The van der Waals surface area contributed by atoms with Crippen LogP contribution in [-0.4, -0.2) is 42.7 Å². The number of hydrogen-bond donors (Lipinski definition) is 2. The van der Waals surface area contributed by atoms with Gasteiger partial charge in [0.2, 0.25) is 0 Å². The van der Waals surface area contributed by atoms with E-state index >= 15 is 0 Å². The second-order valence-corrected chi connectivity index (χ2v) is 9.73. The molecule has 0 amide bonds. The molecule has 8 nitrogen and oxygen atoms in total. The van der Waals surface area contributed by atoms with E-state index in [1.165, 1.54) is 11.3 Å². The second-order valence-electron chi connectivity index (χ2n) is 8.04. The molecule has 1 saturated heterocycles. The number of rotatable bonds is 4. The van der Waals surface area contributed by atoms with Crippen LogP contribution in [0.15, 0.2) is 30.9 Å². The molecule has 2 aliphatic rings. The maximum Gasteiger partial charge on any atom is 0.115 e. The van der Waals surface area contributed by atoms with Crippen LogP contribution in [-0.2, 0) is 23.3 Å². The maximum atomic E-state index is 10.4. The lowest BCUT2D eigenvalue weighted by Crippen LogP contribution is -2.50. The summed E-state index contributed by atoms with van der Waals surface area (Å²) in [5, 5.41) is 22.7. The van der Waals surface area contributed by atoms with E-state index in [4.69, 9.17) is 16.3 Å². The molecule has 0 bridgehead atoms. The number of piperidine rings is 1. The zero-order chi connectivity index (χ0) is 20.7. The Morgan fingerprint density at radius 2 is 2.33 bits per heavy atom. The largest absolute Gasteiger partial charge is 0.386 e. The predicted molar refractivity (Wildman–Crippen MR) is 112 cm³/mol. The number of aliphatic hydroxyl groups is 1. The number of aryl methyl sites for hydroxylation is 2. The Morgan fingerprint density at radius 1 is 1.43 bits per heavy atom. The summed E-state index contributed by atoms with van der Waals surface area (Å²) in [4.78, 5) is 9.25. The van der Waals surface area contributed by atoms with Gasteiger partial charge in [0.1, 0.15) is 18.0 Å². The van der Waals surface area contributed by atoms with Crippen molar-refractivity contribution in [2.75, 3.05) is 6.61 Å². The molecule has 3 aromatic rings. The minimum atomic E-state index is -0.624. The molecule has 3 aromatic heterocycles. The highest BCUT2D eigenvalue weighted by Crippen LogP contribution is 2.51. The number of hydrogen-bond acceptors (Lipinski definition) is 8. The number of nitrogens with one attached hydrogen (secondary N) is 1. The van der Waals surface area contributed by atoms with Crippen molar-refractivity contribution in [3.8, 4) is 0 Å². The van der Waals surface area contributed by atoms with Crippen molar-refractivity contribution in [2.45, 2.75) is 56.5 Å². The standard InChI is InChI=1S/C20H23ClN6O2S/c1-12-7-20(19-14(6-18(21)30-19)17(28)10-29-20)8-15(24-12)16-9-27(26-25-16)5-3-13-2-4-22-11-23-13/h2,4,6,9,11-12,15,17,24,28H,3,5,7-8,10H2,1H3/t12-,15-,17+,20-/m0/s1. The smallest absolute Gasteiger partial charge is 0.115 e. The number of aliphatic hydroxyl groups excluding tert-OH is 1. The molecule has 0 unspecified atom stereocenters. The van der Waals surface area contributed by atoms with Crippen molar-refractivity contribution in [3.05, 3.63) is 57.0 Å². The van der Waals surface area contributed by atoms with Crippen molar-refractivity contribution in [2.24, 2.45) is 0 Å². The van der Waals surface area contributed by atoms with Crippen LogP contribution in [0.3, 0.4) is 0 Å². The van der Waals surface area contributed by atoms with Crippen LogP contribution < -0.4 is 5.32 Å². The predicted octanol–water partition coefficient (Wildman–Crippen LogP) is 2.80. The van der Waals surface area contributed by atoms with Gasteiger partial charge < -0.3 is 15.2 Å². The Morgan fingerprint density at radius 3 is 3.17 bits per heavy atom. The highest BCUT2D eigenvalue weighted by Gasteiger charge is 2.48. The lowest BCUT2D eigenvalue weighted by Gasteiger charge is -2.46. The molecular formula is C20H23ClN6O2S. The van der Waals surface area contributed by atoms with Crippen LogP contribution in [0.25, 0.3) is 0 Å². The Balaban J connectivity index is 1.36. The van der Waals surface area contributed by atoms with E-state index in [0.717, 1.165) is 41.1 Å². The molecule has 5 rings (SSSR count). The molecule has 4 atom stereocenters. The number of ether oxygens (including phenoxy) is 1. The number of nitrogens with zero attached hydrogens (tertiary/aromatic N) is 5. The second kappa shape index (κ2) is 7.97. The minimum absolute atomic E-state index is 0.00511. The highest BCUT2D eigenvalue weighted by molar-refractivity contribution is 7.16. The summed E-state index contributed by atoms with van der Waals surface area (Å²) in [5.74, 6) is 0.